The number of allylic oxidation sites excluding steroid dienone is 1. The second-order valence-corrected chi connectivity index (χ2v) is 15.5. The maximum absolute atomic E-state index is 12.3. The average Bonchev–Trinajstić information content (AvgIpc) is 3.37. The van der Waals surface area contributed by atoms with Gasteiger partial charge in [-0.15, -0.1) is 0 Å². The summed E-state index contributed by atoms with van der Waals surface area (Å²) in [7, 11) is 3.95. The van der Waals surface area contributed by atoms with Gasteiger partial charge in [-0.2, -0.15) is 0 Å². The molecule has 1 N–H and O–H groups in total. The van der Waals surface area contributed by atoms with Crippen LogP contribution in [0.5, 0.6) is 0 Å². The lowest BCUT2D eigenvalue weighted by Gasteiger charge is -2.60. The van der Waals surface area contributed by atoms with Gasteiger partial charge in [-0.1, -0.05) is 44.8 Å². The van der Waals surface area contributed by atoms with Crippen molar-refractivity contribution in [2.75, 3.05) is 27.2 Å². The van der Waals surface area contributed by atoms with Crippen molar-refractivity contribution < 1.29 is 19.4 Å². The van der Waals surface area contributed by atoms with Crippen molar-refractivity contribution in [3.05, 3.63) is 11.6 Å². The molecular weight excluding hydrogens is 486 g/mol. The smallest absolute Gasteiger partial charge is 0.433 e. The zero-order valence-electron chi connectivity index (χ0n) is 25.9. The molecule has 0 aromatic rings. The highest BCUT2D eigenvalue weighted by molar-refractivity contribution is 5.60. The van der Waals surface area contributed by atoms with Gasteiger partial charge in [0.05, 0.1) is 5.60 Å². The Labute approximate surface area is 238 Å². The Morgan fingerprint density at radius 1 is 1.13 bits per heavy atom. The predicted octanol–water partition coefficient (Wildman–Crippen LogP) is 7.76. The Morgan fingerprint density at radius 3 is 2.64 bits per heavy atom. The fraction of sp³-hybridized carbons (Fsp3) is 0.912. The molecule has 0 heterocycles. The van der Waals surface area contributed by atoms with Crippen molar-refractivity contribution in [1.82, 2.24) is 4.90 Å². The van der Waals surface area contributed by atoms with E-state index in [1.54, 1.807) is 5.57 Å². The molecule has 0 amide bonds. The molecule has 8 atom stereocenters. The summed E-state index contributed by atoms with van der Waals surface area (Å²) in [6.07, 6.45) is 19.6. The van der Waals surface area contributed by atoms with E-state index in [1.807, 2.05) is 32.8 Å². The van der Waals surface area contributed by atoms with Gasteiger partial charge < -0.3 is 19.5 Å². The minimum Gasteiger partial charge on any atom is -0.433 e. The second-order valence-electron chi connectivity index (χ2n) is 15.5. The SMILES string of the molecule is C[C@H](CCCC(C)(C)O)[C@]12CCC[C@@]13CC[C@H]1[C@@H](CC=C4C[C@@H](OC(=O)OCCN(C)C)CC[C@@]41C)[C@@H]3CC2. The zero-order valence-corrected chi connectivity index (χ0v) is 25.9. The van der Waals surface area contributed by atoms with E-state index in [-0.39, 0.29) is 11.5 Å². The summed E-state index contributed by atoms with van der Waals surface area (Å²) in [5, 5.41) is 10.3. The molecule has 0 saturated heterocycles. The van der Waals surface area contributed by atoms with E-state index in [2.05, 4.69) is 19.9 Å². The molecule has 222 valence electrons. The molecule has 4 fully saturated rings. The first kappa shape index (κ1) is 29.4. The molecule has 5 rings (SSSR count). The number of rotatable bonds is 9. The molecule has 5 aliphatic carbocycles. The van der Waals surface area contributed by atoms with Gasteiger partial charge >= 0.3 is 6.16 Å². The van der Waals surface area contributed by atoms with Gasteiger partial charge in [-0.05, 0) is 132 Å². The second kappa shape index (κ2) is 11.0. The molecule has 0 radical (unpaired) electrons. The van der Waals surface area contributed by atoms with Crippen LogP contribution in [0.1, 0.15) is 118 Å². The number of carbonyl (C=O) groups excluding carboxylic acids is 1. The van der Waals surface area contributed by atoms with E-state index in [1.165, 1.54) is 57.8 Å². The van der Waals surface area contributed by atoms with Crippen LogP contribution in [-0.2, 0) is 9.47 Å². The molecule has 0 aliphatic heterocycles. The summed E-state index contributed by atoms with van der Waals surface area (Å²) in [6.45, 7) is 10.1. The maximum atomic E-state index is 12.3. The Balaban J connectivity index is 1.26. The Morgan fingerprint density at radius 2 is 1.90 bits per heavy atom. The van der Waals surface area contributed by atoms with Crippen LogP contribution < -0.4 is 0 Å². The fourth-order valence-electron chi connectivity index (χ4n) is 10.9. The molecular formula is C34H57NO4. The van der Waals surface area contributed by atoms with Crippen molar-refractivity contribution in [1.29, 1.82) is 0 Å². The number of hydrogen-bond donors (Lipinski definition) is 1. The number of ether oxygens (including phenoxy) is 2. The molecule has 0 bridgehead atoms. The highest BCUT2D eigenvalue weighted by Crippen LogP contribution is 2.76. The lowest BCUT2D eigenvalue weighted by atomic mass is 9.44. The molecule has 0 aromatic carbocycles. The third-order valence-electron chi connectivity index (χ3n) is 12.8. The van der Waals surface area contributed by atoms with E-state index in [4.69, 9.17) is 9.47 Å². The lowest BCUT2D eigenvalue weighted by Crippen LogP contribution is -2.53. The normalized spacial score (nSPS) is 40.3. The van der Waals surface area contributed by atoms with Gasteiger partial charge in [0.1, 0.15) is 12.7 Å². The summed E-state index contributed by atoms with van der Waals surface area (Å²) in [5.74, 6) is 3.25. The van der Waals surface area contributed by atoms with Crippen molar-refractivity contribution in [2.24, 2.45) is 39.9 Å². The van der Waals surface area contributed by atoms with E-state index < -0.39 is 11.8 Å². The van der Waals surface area contributed by atoms with Crippen molar-refractivity contribution >= 4 is 6.16 Å². The van der Waals surface area contributed by atoms with Crippen LogP contribution >= 0.6 is 0 Å². The van der Waals surface area contributed by atoms with Gasteiger partial charge in [0.25, 0.3) is 0 Å². The van der Waals surface area contributed by atoms with Crippen molar-refractivity contribution in [3.63, 3.8) is 0 Å². The number of fused-ring (bicyclic) bond motifs is 4. The van der Waals surface area contributed by atoms with Crippen LogP contribution in [0.15, 0.2) is 11.6 Å². The van der Waals surface area contributed by atoms with E-state index in [9.17, 15) is 9.90 Å². The molecule has 5 heteroatoms. The van der Waals surface area contributed by atoms with E-state index >= 15 is 0 Å². The van der Waals surface area contributed by atoms with Gasteiger partial charge in [-0.3, -0.25) is 0 Å². The summed E-state index contributed by atoms with van der Waals surface area (Å²) in [6, 6.07) is 0. The third kappa shape index (κ3) is 5.33. The summed E-state index contributed by atoms with van der Waals surface area (Å²) < 4.78 is 11.1. The topological polar surface area (TPSA) is 59.0 Å². The number of hydrogen-bond acceptors (Lipinski definition) is 5. The predicted molar refractivity (Wildman–Crippen MR) is 156 cm³/mol. The quantitative estimate of drug-likeness (QED) is 0.238. The van der Waals surface area contributed by atoms with Crippen LogP contribution in [0.25, 0.3) is 0 Å². The summed E-state index contributed by atoms with van der Waals surface area (Å²) in [5.41, 5.74) is 2.37. The maximum Gasteiger partial charge on any atom is 0.508 e. The fourth-order valence-corrected chi connectivity index (χ4v) is 10.9. The minimum absolute atomic E-state index is 0.0404. The summed E-state index contributed by atoms with van der Waals surface area (Å²) in [4.78, 5) is 14.3. The first-order chi connectivity index (χ1) is 18.4. The van der Waals surface area contributed by atoms with Crippen LogP contribution in [0.3, 0.4) is 0 Å². The average molecular weight is 544 g/mol. The highest BCUT2D eigenvalue weighted by atomic mass is 16.7. The van der Waals surface area contributed by atoms with E-state index in [0.29, 0.717) is 17.4 Å². The lowest BCUT2D eigenvalue weighted by molar-refractivity contribution is -0.0914. The molecule has 1 spiro atoms. The third-order valence-corrected chi connectivity index (χ3v) is 12.8. The van der Waals surface area contributed by atoms with Gasteiger partial charge in [-0.25, -0.2) is 4.79 Å². The minimum atomic E-state index is -0.543. The first-order valence-electron chi connectivity index (χ1n) is 16.3. The largest absolute Gasteiger partial charge is 0.508 e. The van der Waals surface area contributed by atoms with Crippen LogP contribution in [-0.4, -0.2) is 55.1 Å². The van der Waals surface area contributed by atoms with Crippen molar-refractivity contribution in [2.45, 2.75) is 129 Å². The number of aliphatic hydroxyl groups is 1. The molecule has 39 heavy (non-hydrogen) atoms. The number of carbonyl (C=O) groups is 1. The highest BCUT2D eigenvalue weighted by Gasteiger charge is 2.68. The van der Waals surface area contributed by atoms with Gasteiger partial charge in [0.2, 0.25) is 0 Å². The van der Waals surface area contributed by atoms with Gasteiger partial charge in [0.15, 0.2) is 0 Å². The molecule has 0 aromatic heterocycles. The van der Waals surface area contributed by atoms with E-state index in [0.717, 1.165) is 62.3 Å². The Kier molecular flexibility index (Phi) is 8.27. The number of nitrogens with zero attached hydrogens (tertiary/aromatic N) is 1. The Bertz CT molecular complexity index is 923. The van der Waals surface area contributed by atoms with Crippen LogP contribution in [0, 0.1) is 39.9 Å². The molecule has 0 unspecified atom stereocenters. The van der Waals surface area contributed by atoms with Crippen LogP contribution in [0.2, 0.25) is 0 Å². The van der Waals surface area contributed by atoms with Crippen molar-refractivity contribution in [3.8, 4) is 0 Å². The standard InChI is InChI=1S/C34H57NO4/c1-24(9-7-15-31(2,3)37)33-16-8-17-34(33)20-13-28-27(29(34)14-19-33)11-10-25-23-26(12-18-32(25,28)4)39-30(36)38-22-21-35(5)6/h10,24,26-29,37H,7-9,11-23H2,1-6H3/t24-,26+,27-,28+,29+,32+,33-,34+/m1/s1. The zero-order chi connectivity index (χ0) is 28.1. The van der Waals surface area contributed by atoms with Gasteiger partial charge in [0, 0.05) is 13.0 Å². The molecule has 5 nitrogen and oxygen atoms in total. The first-order valence-corrected chi connectivity index (χ1v) is 16.3. The molecule has 4 saturated carbocycles. The van der Waals surface area contributed by atoms with Crippen LogP contribution in [0.4, 0.5) is 4.79 Å². The number of likely N-dealkylation sites (N-methyl/N-ethyl adjacent to an activating group) is 1. The monoisotopic (exact) mass is 543 g/mol. The Hall–Kier alpha value is -1.07. The summed E-state index contributed by atoms with van der Waals surface area (Å²) >= 11 is 0. The molecule has 5 aliphatic rings.